The lowest BCUT2D eigenvalue weighted by molar-refractivity contribution is -0.110. The molecule has 94 valence electrons. The third-order valence-electron chi connectivity index (χ3n) is 3.52. The van der Waals surface area contributed by atoms with Gasteiger partial charge in [0, 0.05) is 6.42 Å². The van der Waals surface area contributed by atoms with Gasteiger partial charge < -0.3 is 10.1 Å². The topological polar surface area (TPSA) is 21.3 Å². The number of methoxy groups -OCH3 is 1. The summed E-state index contributed by atoms with van der Waals surface area (Å²) in [5.74, 6) is -2.13. The fourth-order valence-corrected chi connectivity index (χ4v) is 2.28. The van der Waals surface area contributed by atoms with Crippen LogP contribution in [0.2, 0.25) is 0 Å². The summed E-state index contributed by atoms with van der Waals surface area (Å²) < 4.78 is 33.2. The Morgan fingerprint density at radius 1 is 1.35 bits per heavy atom. The second-order valence-electron chi connectivity index (χ2n) is 4.59. The molecule has 2 rings (SSSR count). The first-order valence-electron chi connectivity index (χ1n) is 5.77. The van der Waals surface area contributed by atoms with Crippen molar-refractivity contribution in [3.05, 3.63) is 29.8 Å². The zero-order valence-electron chi connectivity index (χ0n) is 10.1. The molecule has 1 aliphatic rings. The molecule has 17 heavy (non-hydrogen) atoms. The van der Waals surface area contributed by atoms with Gasteiger partial charge in [-0.25, -0.2) is 8.78 Å². The summed E-state index contributed by atoms with van der Waals surface area (Å²) in [6.45, 7) is 2.17. The number of hydrogen-bond acceptors (Lipinski definition) is 2. The summed E-state index contributed by atoms with van der Waals surface area (Å²) in [6.07, 6.45) is 0.431. The summed E-state index contributed by atoms with van der Waals surface area (Å²) in [4.78, 5) is 0. The largest absolute Gasteiger partial charge is 0.497 e. The molecule has 1 unspecified atom stereocenters. The highest BCUT2D eigenvalue weighted by Crippen LogP contribution is 2.43. The second-order valence-corrected chi connectivity index (χ2v) is 4.59. The van der Waals surface area contributed by atoms with Crippen LogP contribution in [0.1, 0.15) is 25.3 Å². The molecule has 1 aromatic rings. The number of benzene rings is 1. The van der Waals surface area contributed by atoms with Crippen LogP contribution >= 0.6 is 0 Å². The number of halogens is 2. The maximum atomic E-state index is 14.1. The Labute approximate surface area is 100.0 Å². The molecule has 0 aromatic heterocycles. The Balaban J connectivity index is 2.41. The van der Waals surface area contributed by atoms with E-state index in [1.54, 1.807) is 31.2 Å². The van der Waals surface area contributed by atoms with Gasteiger partial charge in [-0.2, -0.15) is 0 Å². The molecule has 0 aliphatic carbocycles. The predicted octanol–water partition coefficient (Wildman–Crippen LogP) is 2.93. The van der Waals surface area contributed by atoms with Gasteiger partial charge in [-0.05, 0) is 37.6 Å². The van der Waals surface area contributed by atoms with Gasteiger partial charge in [0.2, 0.25) is 0 Å². The number of ether oxygens (including phenoxy) is 1. The van der Waals surface area contributed by atoms with E-state index in [1.165, 1.54) is 7.11 Å². The van der Waals surface area contributed by atoms with Crippen molar-refractivity contribution in [2.45, 2.75) is 31.2 Å². The zero-order valence-corrected chi connectivity index (χ0v) is 10.1. The van der Waals surface area contributed by atoms with Crippen molar-refractivity contribution < 1.29 is 13.5 Å². The number of piperidine rings is 1. The van der Waals surface area contributed by atoms with Crippen molar-refractivity contribution in [1.82, 2.24) is 5.32 Å². The molecule has 1 heterocycles. The minimum absolute atomic E-state index is 0.0757. The molecule has 0 bridgehead atoms. The summed E-state index contributed by atoms with van der Waals surface area (Å²) >= 11 is 0. The fraction of sp³-hybridized carbons (Fsp3) is 0.538. The molecule has 1 fully saturated rings. The SMILES string of the molecule is COc1cccc(C2(C)NCCCC2(F)F)c1. The number of nitrogens with one attached hydrogen (secondary N) is 1. The lowest BCUT2D eigenvalue weighted by Crippen LogP contribution is -2.57. The van der Waals surface area contributed by atoms with Crippen LogP contribution < -0.4 is 10.1 Å². The molecule has 4 heteroatoms. The van der Waals surface area contributed by atoms with Gasteiger partial charge in [0.1, 0.15) is 11.3 Å². The smallest absolute Gasteiger partial charge is 0.269 e. The molecular weight excluding hydrogens is 224 g/mol. The third-order valence-corrected chi connectivity index (χ3v) is 3.52. The Morgan fingerprint density at radius 3 is 2.76 bits per heavy atom. The summed E-state index contributed by atoms with van der Waals surface area (Å²) in [5, 5.41) is 2.95. The van der Waals surface area contributed by atoms with E-state index < -0.39 is 11.5 Å². The second kappa shape index (κ2) is 4.26. The standard InChI is InChI=1S/C13H17F2NO/c1-12(13(14,15)7-4-8-16-12)10-5-3-6-11(9-10)17-2/h3,5-6,9,16H,4,7-8H2,1-2H3. The molecule has 1 N–H and O–H groups in total. The van der Waals surface area contributed by atoms with E-state index in [0.717, 1.165) is 0 Å². The zero-order chi connectivity index (χ0) is 12.5. The van der Waals surface area contributed by atoms with Crippen LogP contribution in [-0.2, 0) is 5.54 Å². The maximum absolute atomic E-state index is 14.1. The molecule has 1 aromatic carbocycles. The molecular formula is C13H17F2NO. The third kappa shape index (κ3) is 2.02. The molecule has 1 atom stereocenters. The average molecular weight is 241 g/mol. The van der Waals surface area contributed by atoms with Crippen molar-refractivity contribution in [3.8, 4) is 5.75 Å². The first-order valence-corrected chi connectivity index (χ1v) is 5.77. The van der Waals surface area contributed by atoms with Crippen molar-refractivity contribution in [3.63, 3.8) is 0 Å². The van der Waals surface area contributed by atoms with Crippen LogP contribution in [0.3, 0.4) is 0 Å². The van der Waals surface area contributed by atoms with Gasteiger partial charge >= 0.3 is 0 Å². The maximum Gasteiger partial charge on any atom is 0.269 e. The summed E-state index contributed by atoms with van der Waals surface area (Å²) in [5.41, 5.74) is -0.735. The molecule has 0 amide bonds. The van der Waals surface area contributed by atoms with Crippen LogP contribution in [0.5, 0.6) is 5.75 Å². The minimum atomic E-state index is -2.74. The first kappa shape index (κ1) is 12.3. The number of rotatable bonds is 2. The van der Waals surface area contributed by atoms with Crippen molar-refractivity contribution in [2.24, 2.45) is 0 Å². The predicted molar refractivity (Wildman–Crippen MR) is 62.5 cm³/mol. The van der Waals surface area contributed by atoms with Crippen LogP contribution in [0, 0.1) is 0 Å². The first-order chi connectivity index (χ1) is 7.99. The number of alkyl halides is 2. The normalized spacial score (nSPS) is 27.8. The van der Waals surface area contributed by atoms with E-state index >= 15 is 0 Å². The van der Waals surface area contributed by atoms with Gasteiger partial charge in [0.25, 0.3) is 5.92 Å². The average Bonchev–Trinajstić information content (AvgIpc) is 2.33. The monoisotopic (exact) mass is 241 g/mol. The van der Waals surface area contributed by atoms with E-state index in [4.69, 9.17) is 4.74 Å². The van der Waals surface area contributed by atoms with Crippen LogP contribution in [-0.4, -0.2) is 19.6 Å². The van der Waals surface area contributed by atoms with E-state index in [1.807, 2.05) is 0 Å². The Morgan fingerprint density at radius 2 is 2.12 bits per heavy atom. The van der Waals surface area contributed by atoms with Crippen molar-refractivity contribution in [2.75, 3.05) is 13.7 Å². The highest BCUT2D eigenvalue weighted by molar-refractivity contribution is 5.35. The lowest BCUT2D eigenvalue weighted by atomic mass is 9.80. The Kier molecular flexibility index (Phi) is 3.08. The van der Waals surface area contributed by atoms with Gasteiger partial charge in [-0.15, -0.1) is 0 Å². The summed E-state index contributed by atoms with van der Waals surface area (Å²) in [7, 11) is 1.54. The fourth-order valence-electron chi connectivity index (χ4n) is 2.28. The van der Waals surface area contributed by atoms with Crippen molar-refractivity contribution >= 4 is 0 Å². The van der Waals surface area contributed by atoms with Gasteiger partial charge in [0.05, 0.1) is 7.11 Å². The van der Waals surface area contributed by atoms with Crippen LogP contribution in [0.4, 0.5) is 8.78 Å². The van der Waals surface area contributed by atoms with Gasteiger partial charge in [-0.1, -0.05) is 12.1 Å². The molecule has 2 nitrogen and oxygen atoms in total. The lowest BCUT2D eigenvalue weighted by Gasteiger charge is -2.42. The molecule has 0 spiro atoms. The van der Waals surface area contributed by atoms with E-state index in [9.17, 15) is 8.78 Å². The Bertz CT molecular complexity index is 408. The molecule has 0 radical (unpaired) electrons. The van der Waals surface area contributed by atoms with Crippen molar-refractivity contribution in [1.29, 1.82) is 0 Å². The van der Waals surface area contributed by atoms with Crippen LogP contribution in [0.15, 0.2) is 24.3 Å². The van der Waals surface area contributed by atoms with E-state index in [-0.39, 0.29) is 6.42 Å². The Hall–Kier alpha value is -1.16. The van der Waals surface area contributed by atoms with E-state index in [0.29, 0.717) is 24.3 Å². The molecule has 1 saturated heterocycles. The van der Waals surface area contributed by atoms with Gasteiger partial charge in [0.15, 0.2) is 0 Å². The van der Waals surface area contributed by atoms with Gasteiger partial charge in [-0.3, -0.25) is 0 Å². The number of hydrogen-bond donors (Lipinski definition) is 1. The van der Waals surface area contributed by atoms with Crippen LogP contribution in [0.25, 0.3) is 0 Å². The quantitative estimate of drug-likeness (QED) is 0.859. The minimum Gasteiger partial charge on any atom is -0.497 e. The summed E-state index contributed by atoms with van der Waals surface area (Å²) in [6, 6.07) is 6.89. The highest BCUT2D eigenvalue weighted by Gasteiger charge is 2.52. The highest BCUT2D eigenvalue weighted by atomic mass is 19.3. The molecule has 0 saturated carbocycles. The van der Waals surface area contributed by atoms with E-state index in [2.05, 4.69) is 5.32 Å². The molecule has 1 aliphatic heterocycles.